The number of aromatic nitrogens is 4. The molecule has 0 saturated carbocycles. The van der Waals surface area contributed by atoms with Crippen LogP contribution in [0.2, 0.25) is 0 Å². The van der Waals surface area contributed by atoms with Gasteiger partial charge in [-0.15, -0.1) is 11.3 Å². The molecule has 0 atom stereocenters. The minimum atomic E-state index is 0.0880. The van der Waals surface area contributed by atoms with Crippen LogP contribution in [0.15, 0.2) is 47.5 Å². The average molecular weight is 388 g/mol. The van der Waals surface area contributed by atoms with Crippen molar-refractivity contribution < 1.29 is 0 Å². The summed E-state index contributed by atoms with van der Waals surface area (Å²) in [5, 5.41) is 5.26. The minimum Gasteiger partial charge on any atom is -0.292 e. The molecule has 0 bridgehead atoms. The van der Waals surface area contributed by atoms with E-state index in [2.05, 4.69) is 30.2 Å². The highest BCUT2D eigenvalue weighted by Gasteiger charge is 2.23. The minimum absolute atomic E-state index is 0.0880. The number of rotatable bonds is 3. The molecular weight excluding hydrogens is 368 g/mol. The lowest BCUT2D eigenvalue weighted by Crippen LogP contribution is -2.20. The molecule has 0 radical (unpaired) electrons. The molecule has 0 saturated heterocycles. The molecule has 1 aliphatic heterocycles. The highest BCUT2D eigenvalue weighted by molar-refractivity contribution is 7.18. The molecule has 0 spiro atoms. The van der Waals surface area contributed by atoms with Gasteiger partial charge in [-0.05, 0) is 43.0 Å². The van der Waals surface area contributed by atoms with Gasteiger partial charge in [-0.3, -0.25) is 14.0 Å². The van der Waals surface area contributed by atoms with Crippen molar-refractivity contribution in [1.82, 2.24) is 19.3 Å². The fourth-order valence-corrected chi connectivity index (χ4v) is 4.79. The van der Waals surface area contributed by atoms with E-state index >= 15 is 0 Å². The van der Waals surface area contributed by atoms with Crippen LogP contribution >= 0.6 is 11.3 Å². The lowest BCUT2D eigenvalue weighted by molar-refractivity contribution is 0.687. The highest BCUT2D eigenvalue weighted by atomic mass is 32.1. The van der Waals surface area contributed by atoms with Crippen LogP contribution in [0.4, 0.5) is 0 Å². The van der Waals surface area contributed by atoms with Crippen molar-refractivity contribution in [2.75, 3.05) is 0 Å². The first-order valence-corrected chi connectivity index (χ1v) is 10.2. The van der Waals surface area contributed by atoms with Gasteiger partial charge in [0.2, 0.25) is 0 Å². The van der Waals surface area contributed by atoms with Crippen LogP contribution in [-0.4, -0.2) is 19.3 Å². The summed E-state index contributed by atoms with van der Waals surface area (Å²) in [4.78, 5) is 19.8. The predicted molar refractivity (Wildman–Crippen MR) is 114 cm³/mol. The van der Waals surface area contributed by atoms with Gasteiger partial charge in [0, 0.05) is 23.2 Å². The molecule has 28 heavy (non-hydrogen) atoms. The molecule has 3 aromatic heterocycles. The number of hydrogen-bond donors (Lipinski definition) is 0. The molecule has 0 N–H and O–H groups in total. The van der Waals surface area contributed by atoms with E-state index in [-0.39, 0.29) is 5.56 Å². The van der Waals surface area contributed by atoms with Gasteiger partial charge in [0.1, 0.15) is 10.7 Å². The first-order valence-electron chi connectivity index (χ1n) is 9.38. The maximum absolute atomic E-state index is 12.9. The Morgan fingerprint density at radius 2 is 2.04 bits per heavy atom. The Kier molecular flexibility index (Phi) is 4.02. The Morgan fingerprint density at radius 3 is 2.86 bits per heavy atom. The van der Waals surface area contributed by atoms with E-state index in [1.807, 2.05) is 46.8 Å². The fraction of sp³-hybridized carbons (Fsp3) is 0.227. The van der Waals surface area contributed by atoms with Gasteiger partial charge in [-0.1, -0.05) is 30.3 Å². The Hall–Kier alpha value is -2.99. The first-order chi connectivity index (χ1) is 13.6. The molecule has 6 heteroatoms. The number of nitrogens with zero attached hydrogens (tertiary/aromatic N) is 4. The van der Waals surface area contributed by atoms with Crippen molar-refractivity contribution in [1.29, 1.82) is 0 Å². The molecular formula is C22H20N4OS. The first kappa shape index (κ1) is 17.1. The van der Waals surface area contributed by atoms with E-state index in [1.54, 1.807) is 11.3 Å². The third kappa shape index (κ3) is 2.81. The summed E-state index contributed by atoms with van der Waals surface area (Å²) in [6, 6.07) is 10.3. The zero-order valence-corrected chi connectivity index (χ0v) is 16.7. The number of fused-ring (bicyclic) bond motifs is 2. The topological polar surface area (TPSA) is 52.7 Å². The Bertz CT molecular complexity index is 1280. The number of benzene rings is 1. The molecule has 0 fully saturated rings. The van der Waals surface area contributed by atoms with Crippen LogP contribution in [0.5, 0.6) is 0 Å². The molecule has 4 aromatic rings. The van der Waals surface area contributed by atoms with Crippen LogP contribution in [0.25, 0.3) is 21.9 Å². The predicted octanol–water partition coefficient (Wildman–Crippen LogP) is 4.26. The van der Waals surface area contributed by atoms with Gasteiger partial charge in [-0.2, -0.15) is 5.10 Å². The standard InChI is InChI=1S/C22H20N4OS/c1-14-15(2)28-21-19(14)22(27)26-9-8-18(20(26)24-21)10-17-11-23-25(13-17)12-16-6-4-3-5-7-16/h3-7,10-11,13H,8-9,12H2,1-2H3. The van der Waals surface area contributed by atoms with Crippen molar-refractivity contribution in [2.24, 2.45) is 0 Å². The van der Waals surface area contributed by atoms with Crippen LogP contribution in [-0.2, 0) is 13.1 Å². The average Bonchev–Trinajstić information content (AvgIpc) is 3.37. The highest BCUT2D eigenvalue weighted by Crippen LogP contribution is 2.31. The second kappa shape index (κ2) is 6.56. The smallest absolute Gasteiger partial charge is 0.262 e. The van der Waals surface area contributed by atoms with Crippen molar-refractivity contribution in [3.05, 3.63) is 80.5 Å². The summed E-state index contributed by atoms with van der Waals surface area (Å²) >= 11 is 1.60. The van der Waals surface area contributed by atoms with Gasteiger partial charge in [-0.25, -0.2) is 4.98 Å². The summed E-state index contributed by atoms with van der Waals surface area (Å²) < 4.78 is 3.76. The quantitative estimate of drug-likeness (QED) is 0.527. The summed E-state index contributed by atoms with van der Waals surface area (Å²) in [7, 11) is 0. The SMILES string of the molecule is Cc1sc2nc3n(c(=O)c2c1C)CCC3=Cc1cnn(Cc2ccccc2)c1. The monoisotopic (exact) mass is 388 g/mol. The van der Waals surface area contributed by atoms with Gasteiger partial charge < -0.3 is 0 Å². The van der Waals surface area contributed by atoms with E-state index < -0.39 is 0 Å². The third-order valence-corrected chi connectivity index (χ3v) is 6.46. The lowest BCUT2D eigenvalue weighted by atomic mass is 10.1. The molecule has 0 aliphatic carbocycles. The second-order valence-electron chi connectivity index (χ2n) is 7.23. The van der Waals surface area contributed by atoms with Crippen molar-refractivity contribution >= 4 is 33.2 Å². The van der Waals surface area contributed by atoms with E-state index in [1.165, 1.54) is 5.56 Å². The molecule has 4 heterocycles. The Morgan fingerprint density at radius 1 is 1.21 bits per heavy atom. The molecule has 1 aromatic carbocycles. The number of allylic oxidation sites excluding steroid dienone is 1. The van der Waals surface area contributed by atoms with E-state index in [4.69, 9.17) is 4.98 Å². The normalized spacial score (nSPS) is 14.9. The van der Waals surface area contributed by atoms with E-state index in [0.29, 0.717) is 6.54 Å². The van der Waals surface area contributed by atoms with Crippen LogP contribution in [0.1, 0.15) is 33.8 Å². The Labute approximate surface area is 166 Å². The second-order valence-corrected chi connectivity index (χ2v) is 8.44. The summed E-state index contributed by atoms with van der Waals surface area (Å²) in [6.07, 6.45) is 6.84. The molecule has 140 valence electrons. The zero-order valence-electron chi connectivity index (χ0n) is 15.8. The van der Waals surface area contributed by atoms with Crippen LogP contribution in [0.3, 0.4) is 0 Å². The van der Waals surface area contributed by atoms with Crippen molar-refractivity contribution in [3.63, 3.8) is 0 Å². The zero-order chi connectivity index (χ0) is 19.3. The summed E-state index contributed by atoms with van der Waals surface area (Å²) in [6.45, 7) is 5.49. The molecule has 5 rings (SSSR count). The molecule has 5 nitrogen and oxygen atoms in total. The largest absolute Gasteiger partial charge is 0.292 e. The van der Waals surface area contributed by atoms with Gasteiger partial charge in [0.15, 0.2) is 0 Å². The van der Waals surface area contributed by atoms with Crippen LogP contribution in [0, 0.1) is 13.8 Å². The maximum Gasteiger partial charge on any atom is 0.262 e. The summed E-state index contributed by atoms with van der Waals surface area (Å²) in [5.41, 5.74) is 4.50. The number of hydrogen-bond acceptors (Lipinski definition) is 4. The number of aryl methyl sites for hydroxylation is 2. The maximum atomic E-state index is 12.9. The Balaban J connectivity index is 1.50. The van der Waals surface area contributed by atoms with E-state index in [0.717, 1.165) is 50.6 Å². The lowest BCUT2D eigenvalue weighted by Gasteiger charge is -2.03. The van der Waals surface area contributed by atoms with Crippen LogP contribution < -0.4 is 5.56 Å². The molecule has 1 aliphatic rings. The van der Waals surface area contributed by atoms with Crippen molar-refractivity contribution in [2.45, 2.75) is 33.4 Å². The molecule has 0 unspecified atom stereocenters. The van der Waals surface area contributed by atoms with Gasteiger partial charge >= 0.3 is 0 Å². The third-order valence-electron chi connectivity index (χ3n) is 5.36. The summed E-state index contributed by atoms with van der Waals surface area (Å²) in [5.74, 6) is 0.801. The van der Waals surface area contributed by atoms with Gasteiger partial charge in [0.25, 0.3) is 5.56 Å². The van der Waals surface area contributed by atoms with E-state index in [9.17, 15) is 4.79 Å². The van der Waals surface area contributed by atoms with Gasteiger partial charge in [0.05, 0.1) is 18.1 Å². The molecule has 0 amide bonds. The number of thiophene rings is 1. The fourth-order valence-electron chi connectivity index (χ4n) is 3.77. The van der Waals surface area contributed by atoms with Crippen molar-refractivity contribution in [3.8, 4) is 0 Å².